The Labute approximate surface area is 120 Å². The van der Waals surface area contributed by atoms with Crippen LogP contribution in [0.15, 0.2) is 15.9 Å². The Morgan fingerprint density at radius 3 is 2.83 bits per heavy atom. The quantitative estimate of drug-likeness (QED) is 0.842. The van der Waals surface area contributed by atoms with Crippen molar-refractivity contribution in [3.8, 4) is 0 Å². The van der Waals surface area contributed by atoms with E-state index in [9.17, 15) is 4.79 Å². The average molecular weight is 333 g/mol. The van der Waals surface area contributed by atoms with E-state index in [4.69, 9.17) is 4.74 Å². The van der Waals surface area contributed by atoms with E-state index in [1.54, 1.807) is 11.3 Å². The lowest BCUT2D eigenvalue weighted by Crippen LogP contribution is -2.44. The fourth-order valence-electron chi connectivity index (χ4n) is 1.90. The summed E-state index contributed by atoms with van der Waals surface area (Å²) in [5, 5.41) is 0. The number of morpholine rings is 1. The molecule has 100 valence electrons. The third-order valence-corrected chi connectivity index (χ3v) is 4.43. The Kier molecular flexibility index (Phi) is 5.17. The summed E-state index contributed by atoms with van der Waals surface area (Å²) in [6, 6.07) is 4.13. The van der Waals surface area contributed by atoms with Gasteiger partial charge < -0.3 is 9.64 Å². The molecule has 0 spiro atoms. The number of amides is 1. The number of halogens is 1. The van der Waals surface area contributed by atoms with Gasteiger partial charge in [0, 0.05) is 24.5 Å². The molecule has 1 aromatic rings. The Bertz CT molecular complexity index is 405. The van der Waals surface area contributed by atoms with Crippen molar-refractivity contribution in [3.63, 3.8) is 0 Å². The zero-order chi connectivity index (χ0) is 13.0. The summed E-state index contributed by atoms with van der Waals surface area (Å²) in [7, 11) is 1.98. The van der Waals surface area contributed by atoms with Gasteiger partial charge in [-0.1, -0.05) is 0 Å². The van der Waals surface area contributed by atoms with Gasteiger partial charge in [0.2, 0.25) is 5.91 Å². The first-order chi connectivity index (χ1) is 8.65. The zero-order valence-electron chi connectivity index (χ0n) is 10.4. The molecule has 0 radical (unpaired) electrons. The summed E-state index contributed by atoms with van der Waals surface area (Å²) in [4.78, 5) is 17.2. The van der Waals surface area contributed by atoms with Crippen LogP contribution in [0.1, 0.15) is 4.88 Å². The van der Waals surface area contributed by atoms with E-state index in [1.165, 1.54) is 4.88 Å². The Balaban J connectivity index is 1.79. The SMILES string of the molecule is CN(CC(=O)N1CCOCC1)Cc1ccc(Br)s1. The van der Waals surface area contributed by atoms with Crippen LogP contribution in [0.5, 0.6) is 0 Å². The van der Waals surface area contributed by atoms with Crippen molar-refractivity contribution in [1.82, 2.24) is 9.80 Å². The second-order valence-corrected chi connectivity index (χ2v) is 6.92. The number of nitrogens with zero attached hydrogens (tertiary/aromatic N) is 2. The van der Waals surface area contributed by atoms with Gasteiger partial charge >= 0.3 is 0 Å². The Morgan fingerprint density at radius 2 is 2.22 bits per heavy atom. The summed E-state index contributed by atoms with van der Waals surface area (Å²) in [6.45, 7) is 4.04. The van der Waals surface area contributed by atoms with Crippen molar-refractivity contribution >= 4 is 33.2 Å². The molecule has 1 aliphatic rings. The maximum absolute atomic E-state index is 12.0. The van der Waals surface area contributed by atoms with Crippen LogP contribution in [0.3, 0.4) is 0 Å². The van der Waals surface area contributed by atoms with Crippen LogP contribution in [-0.2, 0) is 16.1 Å². The summed E-state index contributed by atoms with van der Waals surface area (Å²) in [5.74, 6) is 0.191. The van der Waals surface area contributed by atoms with Gasteiger partial charge in [-0.25, -0.2) is 0 Å². The van der Waals surface area contributed by atoms with Crippen molar-refractivity contribution in [2.75, 3.05) is 39.9 Å². The predicted octanol–water partition coefficient (Wildman–Crippen LogP) is 1.80. The van der Waals surface area contributed by atoms with E-state index in [0.29, 0.717) is 19.8 Å². The molecule has 18 heavy (non-hydrogen) atoms. The third kappa shape index (κ3) is 4.05. The van der Waals surface area contributed by atoms with Gasteiger partial charge in [-0.05, 0) is 35.1 Å². The highest BCUT2D eigenvalue weighted by Gasteiger charge is 2.18. The maximum atomic E-state index is 12.0. The van der Waals surface area contributed by atoms with Crippen molar-refractivity contribution in [3.05, 3.63) is 20.8 Å². The minimum atomic E-state index is 0.191. The standard InChI is InChI=1S/C12H17BrN2O2S/c1-14(8-10-2-3-11(13)18-10)9-12(16)15-4-6-17-7-5-15/h2-3H,4-9H2,1H3. The Hall–Kier alpha value is -0.430. The number of thiophene rings is 1. The molecular weight excluding hydrogens is 316 g/mol. The fraction of sp³-hybridized carbons (Fsp3) is 0.583. The van der Waals surface area contributed by atoms with E-state index in [2.05, 4.69) is 26.9 Å². The highest BCUT2D eigenvalue weighted by Crippen LogP contribution is 2.22. The molecule has 6 heteroatoms. The molecule has 4 nitrogen and oxygen atoms in total. The van der Waals surface area contributed by atoms with Crippen LogP contribution in [-0.4, -0.2) is 55.6 Å². The zero-order valence-corrected chi connectivity index (χ0v) is 12.8. The van der Waals surface area contributed by atoms with E-state index in [-0.39, 0.29) is 5.91 Å². The minimum absolute atomic E-state index is 0.191. The normalized spacial score (nSPS) is 16.3. The molecule has 0 aromatic carbocycles. The summed E-state index contributed by atoms with van der Waals surface area (Å²) in [6.07, 6.45) is 0. The number of rotatable bonds is 4. The van der Waals surface area contributed by atoms with Gasteiger partial charge in [0.25, 0.3) is 0 Å². The number of hydrogen-bond acceptors (Lipinski definition) is 4. The van der Waals surface area contributed by atoms with Gasteiger partial charge in [-0.15, -0.1) is 11.3 Å². The highest BCUT2D eigenvalue weighted by molar-refractivity contribution is 9.11. The fourth-order valence-corrected chi connectivity index (χ4v) is 3.47. The van der Waals surface area contributed by atoms with Crippen molar-refractivity contribution in [1.29, 1.82) is 0 Å². The lowest BCUT2D eigenvalue weighted by molar-refractivity contribution is -0.136. The first-order valence-corrected chi connectivity index (χ1v) is 7.54. The average Bonchev–Trinajstić information content (AvgIpc) is 2.75. The number of carbonyl (C=O) groups is 1. The summed E-state index contributed by atoms with van der Waals surface area (Å²) >= 11 is 5.16. The molecule has 0 unspecified atom stereocenters. The highest BCUT2D eigenvalue weighted by atomic mass is 79.9. The van der Waals surface area contributed by atoms with E-state index >= 15 is 0 Å². The molecule has 0 atom stereocenters. The number of ether oxygens (including phenoxy) is 1. The van der Waals surface area contributed by atoms with Crippen LogP contribution in [0.2, 0.25) is 0 Å². The third-order valence-electron chi connectivity index (χ3n) is 2.82. The molecule has 1 aliphatic heterocycles. The van der Waals surface area contributed by atoms with Crippen molar-refractivity contribution in [2.24, 2.45) is 0 Å². The van der Waals surface area contributed by atoms with Crippen molar-refractivity contribution in [2.45, 2.75) is 6.54 Å². The van der Waals surface area contributed by atoms with E-state index < -0.39 is 0 Å². The molecule has 1 amide bonds. The molecule has 1 aromatic heterocycles. The number of carbonyl (C=O) groups excluding carboxylic acids is 1. The van der Waals surface area contributed by atoms with Crippen molar-refractivity contribution < 1.29 is 9.53 Å². The number of hydrogen-bond donors (Lipinski definition) is 0. The lowest BCUT2D eigenvalue weighted by Gasteiger charge is -2.28. The van der Waals surface area contributed by atoms with E-state index in [1.807, 2.05) is 18.0 Å². The topological polar surface area (TPSA) is 32.8 Å². The van der Waals surface area contributed by atoms with Gasteiger partial charge in [0.1, 0.15) is 0 Å². The van der Waals surface area contributed by atoms with Crippen LogP contribution < -0.4 is 0 Å². The molecule has 2 heterocycles. The van der Waals surface area contributed by atoms with Gasteiger partial charge in [0.15, 0.2) is 0 Å². The molecular formula is C12H17BrN2O2S. The monoisotopic (exact) mass is 332 g/mol. The largest absolute Gasteiger partial charge is 0.378 e. The predicted molar refractivity (Wildman–Crippen MR) is 75.8 cm³/mol. The first-order valence-electron chi connectivity index (χ1n) is 5.93. The van der Waals surface area contributed by atoms with Gasteiger partial charge in [-0.3, -0.25) is 9.69 Å². The maximum Gasteiger partial charge on any atom is 0.236 e. The van der Waals surface area contributed by atoms with Crippen LogP contribution >= 0.6 is 27.3 Å². The Morgan fingerprint density at radius 1 is 1.50 bits per heavy atom. The van der Waals surface area contributed by atoms with Crippen LogP contribution in [0.25, 0.3) is 0 Å². The first kappa shape index (κ1) is 14.0. The smallest absolute Gasteiger partial charge is 0.236 e. The lowest BCUT2D eigenvalue weighted by atomic mass is 10.3. The van der Waals surface area contributed by atoms with Crippen LogP contribution in [0.4, 0.5) is 0 Å². The van der Waals surface area contributed by atoms with E-state index in [0.717, 1.165) is 23.4 Å². The molecule has 1 fully saturated rings. The second kappa shape index (κ2) is 6.65. The summed E-state index contributed by atoms with van der Waals surface area (Å²) < 4.78 is 6.37. The van der Waals surface area contributed by atoms with Gasteiger partial charge in [-0.2, -0.15) is 0 Å². The molecule has 0 saturated carbocycles. The minimum Gasteiger partial charge on any atom is -0.378 e. The molecule has 0 aliphatic carbocycles. The molecule has 0 N–H and O–H groups in total. The molecule has 2 rings (SSSR count). The molecule has 0 bridgehead atoms. The van der Waals surface area contributed by atoms with Crippen LogP contribution in [0, 0.1) is 0 Å². The summed E-state index contributed by atoms with van der Waals surface area (Å²) in [5.41, 5.74) is 0. The second-order valence-electron chi connectivity index (χ2n) is 4.37. The van der Waals surface area contributed by atoms with Gasteiger partial charge in [0.05, 0.1) is 23.5 Å². The molecule has 1 saturated heterocycles. The number of likely N-dealkylation sites (N-methyl/N-ethyl adjacent to an activating group) is 1.